The third kappa shape index (κ3) is 6.44. The fraction of sp³-hybridized carbons (Fsp3) is 0.538. The fourth-order valence-corrected chi connectivity index (χ4v) is 2.10. The number of nitrogens with two attached hydrogens (primary N) is 1. The van der Waals surface area contributed by atoms with Crippen LogP contribution in [0.15, 0.2) is 24.3 Å². The smallest absolute Gasteiger partial charge is 0.119 e. The van der Waals surface area contributed by atoms with Gasteiger partial charge in [0.15, 0.2) is 0 Å². The molecule has 0 radical (unpaired) electrons. The average molecular weight is 255 g/mol. The van der Waals surface area contributed by atoms with Crippen LogP contribution in [0.25, 0.3) is 0 Å². The lowest BCUT2D eigenvalue weighted by Crippen LogP contribution is -2.34. The summed E-state index contributed by atoms with van der Waals surface area (Å²) in [5.74, 6) is 3.61. The highest BCUT2D eigenvalue weighted by Crippen LogP contribution is 2.17. The van der Waals surface area contributed by atoms with Crippen molar-refractivity contribution < 1.29 is 9.47 Å². The van der Waals surface area contributed by atoms with Gasteiger partial charge in [0.1, 0.15) is 11.5 Å². The molecule has 17 heavy (non-hydrogen) atoms. The monoisotopic (exact) mass is 255 g/mol. The molecule has 0 fully saturated rings. The Morgan fingerprint density at radius 1 is 1.18 bits per heavy atom. The Balaban J connectivity index is 2.18. The molecule has 0 atom stereocenters. The van der Waals surface area contributed by atoms with Crippen LogP contribution in [0.4, 0.5) is 0 Å². The first-order valence-electron chi connectivity index (χ1n) is 5.65. The Bertz CT molecular complexity index is 319. The summed E-state index contributed by atoms with van der Waals surface area (Å²) in [5, 5.41) is 0. The van der Waals surface area contributed by atoms with Gasteiger partial charge < -0.3 is 15.2 Å². The van der Waals surface area contributed by atoms with Crippen LogP contribution in [0.1, 0.15) is 13.8 Å². The van der Waals surface area contributed by atoms with Crippen LogP contribution >= 0.6 is 11.8 Å². The van der Waals surface area contributed by atoms with Crippen LogP contribution in [0.2, 0.25) is 0 Å². The SMILES string of the molecule is COc1ccc(OCCSCC(C)(C)N)cc1. The molecular formula is C13H21NO2S. The molecule has 0 aromatic heterocycles. The fourth-order valence-electron chi connectivity index (χ4n) is 1.23. The summed E-state index contributed by atoms with van der Waals surface area (Å²) in [6, 6.07) is 7.61. The Morgan fingerprint density at radius 3 is 2.29 bits per heavy atom. The molecule has 0 bridgehead atoms. The van der Waals surface area contributed by atoms with Crippen molar-refractivity contribution in [3.63, 3.8) is 0 Å². The van der Waals surface area contributed by atoms with E-state index in [4.69, 9.17) is 15.2 Å². The molecule has 1 aromatic rings. The zero-order valence-corrected chi connectivity index (χ0v) is 11.5. The Morgan fingerprint density at radius 2 is 1.76 bits per heavy atom. The van der Waals surface area contributed by atoms with Gasteiger partial charge in [0.05, 0.1) is 13.7 Å². The van der Waals surface area contributed by atoms with Gasteiger partial charge in [0, 0.05) is 17.0 Å². The quantitative estimate of drug-likeness (QED) is 0.760. The third-order valence-corrected chi connectivity index (χ3v) is 3.43. The van der Waals surface area contributed by atoms with Crippen molar-refractivity contribution in [2.24, 2.45) is 5.73 Å². The summed E-state index contributed by atoms with van der Waals surface area (Å²) >= 11 is 1.81. The van der Waals surface area contributed by atoms with Gasteiger partial charge in [-0.2, -0.15) is 11.8 Å². The highest BCUT2D eigenvalue weighted by molar-refractivity contribution is 7.99. The minimum Gasteiger partial charge on any atom is -0.497 e. The van der Waals surface area contributed by atoms with E-state index >= 15 is 0 Å². The summed E-state index contributed by atoms with van der Waals surface area (Å²) in [6.45, 7) is 4.77. The number of thioether (sulfide) groups is 1. The molecule has 2 N–H and O–H groups in total. The lowest BCUT2D eigenvalue weighted by atomic mass is 10.1. The number of hydrogen-bond acceptors (Lipinski definition) is 4. The van der Waals surface area contributed by atoms with Crippen molar-refractivity contribution >= 4 is 11.8 Å². The zero-order valence-electron chi connectivity index (χ0n) is 10.7. The minimum atomic E-state index is -0.106. The minimum absolute atomic E-state index is 0.106. The first-order valence-corrected chi connectivity index (χ1v) is 6.80. The maximum Gasteiger partial charge on any atom is 0.119 e. The second-order valence-electron chi connectivity index (χ2n) is 4.57. The number of rotatable bonds is 7. The van der Waals surface area contributed by atoms with E-state index in [0.29, 0.717) is 6.61 Å². The van der Waals surface area contributed by atoms with E-state index in [2.05, 4.69) is 0 Å². The number of hydrogen-bond donors (Lipinski definition) is 1. The number of methoxy groups -OCH3 is 1. The average Bonchev–Trinajstić information content (AvgIpc) is 2.28. The van der Waals surface area contributed by atoms with E-state index in [1.807, 2.05) is 49.9 Å². The van der Waals surface area contributed by atoms with Crippen LogP contribution in [-0.4, -0.2) is 30.8 Å². The third-order valence-electron chi connectivity index (χ3n) is 2.03. The van der Waals surface area contributed by atoms with Gasteiger partial charge in [-0.3, -0.25) is 0 Å². The summed E-state index contributed by atoms with van der Waals surface area (Å²) in [5.41, 5.74) is 5.78. The molecule has 96 valence electrons. The summed E-state index contributed by atoms with van der Waals surface area (Å²) in [7, 11) is 1.65. The van der Waals surface area contributed by atoms with Crippen LogP contribution in [-0.2, 0) is 0 Å². The summed E-state index contributed by atoms with van der Waals surface area (Å²) in [6.07, 6.45) is 0. The number of benzene rings is 1. The lowest BCUT2D eigenvalue weighted by molar-refractivity contribution is 0.342. The van der Waals surface area contributed by atoms with Crippen molar-refractivity contribution in [3.8, 4) is 11.5 Å². The normalized spacial score (nSPS) is 11.3. The molecule has 0 unspecified atom stereocenters. The van der Waals surface area contributed by atoms with Crippen molar-refractivity contribution in [1.82, 2.24) is 0 Å². The second kappa shape index (κ2) is 6.77. The molecule has 0 aliphatic heterocycles. The maximum atomic E-state index is 5.89. The maximum absolute atomic E-state index is 5.89. The highest BCUT2D eigenvalue weighted by Gasteiger charge is 2.09. The first-order chi connectivity index (χ1) is 8.01. The topological polar surface area (TPSA) is 44.5 Å². The number of ether oxygens (including phenoxy) is 2. The van der Waals surface area contributed by atoms with Gasteiger partial charge in [-0.05, 0) is 38.1 Å². The first kappa shape index (κ1) is 14.2. The summed E-state index contributed by atoms with van der Waals surface area (Å²) < 4.78 is 10.7. The Kier molecular flexibility index (Phi) is 5.65. The van der Waals surface area contributed by atoms with Gasteiger partial charge in [-0.1, -0.05) is 0 Å². The van der Waals surface area contributed by atoms with Crippen molar-refractivity contribution in [2.75, 3.05) is 25.2 Å². The van der Waals surface area contributed by atoms with Crippen LogP contribution in [0.5, 0.6) is 11.5 Å². The van der Waals surface area contributed by atoms with Crippen LogP contribution in [0, 0.1) is 0 Å². The van der Waals surface area contributed by atoms with Gasteiger partial charge in [0.25, 0.3) is 0 Å². The van der Waals surface area contributed by atoms with Crippen molar-refractivity contribution in [3.05, 3.63) is 24.3 Å². The molecule has 0 spiro atoms. The standard InChI is InChI=1S/C13H21NO2S/c1-13(2,14)10-17-9-8-16-12-6-4-11(15-3)5-7-12/h4-7H,8-10,14H2,1-3H3. The van der Waals surface area contributed by atoms with E-state index in [1.54, 1.807) is 7.11 Å². The Hall–Kier alpha value is -0.870. The van der Waals surface area contributed by atoms with Crippen LogP contribution in [0.3, 0.4) is 0 Å². The molecule has 3 nitrogen and oxygen atoms in total. The van der Waals surface area contributed by atoms with Crippen molar-refractivity contribution in [2.45, 2.75) is 19.4 Å². The Labute approximate surface area is 108 Å². The van der Waals surface area contributed by atoms with E-state index in [1.165, 1.54) is 0 Å². The lowest BCUT2D eigenvalue weighted by Gasteiger charge is -2.17. The summed E-state index contributed by atoms with van der Waals surface area (Å²) in [4.78, 5) is 0. The second-order valence-corrected chi connectivity index (χ2v) is 5.67. The van der Waals surface area contributed by atoms with Crippen molar-refractivity contribution in [1.29, 1.82) is 0 Å². The van der Waals surface area contributed by atoms with E-state index < -0.39 is 0 Å². The molecule has 0 saturated carbocycles. The van der Waals surface area contributed by atoms with Gasteiger partial charge >= 0.3 is 0 Å². The zero-order chi connectivity index (χ0) is 12.7. The highest BCUT2D eigenvalue weighted by atomic mass is 32.2. The predicted molar refractivity (Wildman–Crippen MR) is 74.1 cm³/mol. The van der Waals surface area contributed by atoms with E-state index in [-0.39, 0.29) is 5.54 Å². The molecule has 0 amide bonds. The van der Waals surface area contributed by atoms with Gasteiger partial charge in [0.2, 0.25) is 0 Å². The molecule has 0 saturated heterocycles. The molecule has 1 aromatic carbocycles. The molecule has 0 aliphatic carbocycles. The van der Waals surface area contributed by atoms with E-state index in [9.17, 15) is 0 Å². The predicted octanol–water partition coefficient (Wildman–Crippen LogP) is 2.54. The largest absolute Gasteiger partial charge is 0.497 e. The molecule has 1 rings (SSSR count). The van der Waals surface area contributed by atoms with Gasteiger partial charge in [-0.25, -0.2) is 0 Å². The molecular weight excluding hydrogens is 234 g/mol. The van der Waals surface area contributed by atoms with E-state index in [0.717, 1.165) is 23.0 Å². The van der Waals surface area contributed by atoms with Crippen LogP contribution < -0.4 is 15.2 Å². The molecule has 4 heteroatoms. The van der Waals surface area contributed by atoms with Gasteiger partial charge in [-0.15, -0.1) is 0 Å². The molecule has 0 aliphatic rings. The molecule has 0 heterocycles.